The highest BCUT2D eigenvalue weighted by atomic mass is 16.5. The van der Waals surface area contributed by atoms with E-state index in [0.717, 1.165) is 25.7 Å². The van der Waals surface area contributed by atoms with Crippen molar-refractivity contribution in [1.82, 2.24) is 9.97 Å². The predicted octanol–water partition coefficient (Wildman–Crippen LogP) is 1.16. The Morgan fingerprint density at radius 3 is 2.70 bits per heavy atom. The van der Waals surface area contributed by atoms with Crippen LogP contribution in [0.4, 0.5) is 5.82 Å². The van der Waals surface area contributed by atoms with E-state index in [2.05, 4.69) is 20.0 Å². The molecule has 2 rings (SSSR count). The Hall–Kier alpha value is -2.02. The zero-order chi connectivity index (χ0) is 14.4. The summed E-state index contributed by atoms with van der Waals surface area (Å²) >= 11 is 0. The topological polar surface area (TPSA) is 90.4 Å². The minimum absolute atomic E-state index is 0.0239. The monoisotopic (exact) mass is 279 g/mol. The standard InChI is InChI=1S/C13H17N3O4/c1-19-13(18)11-12(15-7-6-14-11)16-10(17)8-20-9-4-2-3-5-9/h6-7,9H,2-5,8H2,1H3,(H,15,16,17). The maximum Gasteiger partial charge on any atom is 0.360 e. The van der Waals surface area contributed by atoms with E-state index in [1.807, 2.05) is 0 Å². The molecule has 1 amide bonds. The SMILES string of the molecule is COC(=O)c1nccnc1NC(=O)COC1CCCC1. The van der Waals surface area contributed by atoms with Crippen molar-refractivity contribution < 1.29 is 19.1 Å². The number of nitrogens with zero attached hydrogens (tertiary/aromatic N) is 2. The molecule has 20 heavy (non-hydrogen) atoms. The van der Waals surface area contributed by atoms with Gasteiger partial charge in [0.15, 0.2) is 11.5 Å². The first kappa shape index (κ1) is 14.4. The van der Waals surface area contributed by atoms with Crippen LogP contribution in [0.2, 0.25) is 0 Å². The normalized spacial score (nSPS) is 15.1. The van der Waals surface area contributed by atoms with Gasteiger partial charge < -0.3 is 14.8 Å². The van der Waals surface area contributed by atoms with E-state index < -0.39 is 5.97 Å². The zero-order valence-electron chi connectivity index (χ0n) is 11.3. The summed E-state index contributed by atoms with van der Waals surface area (Å²) in [6.07, 6.45) is 7.17. The van der Waals surface area contributed by atoms with Gasteiger partial charge in [0.2, 0.25) is 0 Å². The molecule has 1 aromatic heterocycles. The Labute approximate surface area is 116 Å². The lowest BCUT2D eigenvalue weighted by molar-refractivity contribution is -0.122. The highest BCUT2D eigenvalue weighted by Crippen LogP contribution is 2.20. The minimum Gasteiger partial charge on any atom is -0.464 e. The zero-order valence-corrected chi connectivity index (χ0v) is 11.3. The molecule has 0 spiro atoms. The summed E-state index contributed by atoms with van der Waals surface area (Å²) in [7, 11) is 1.24. The summed E-state index contributed by atoms with van der Waals surface area (Å²) in [4.78, 5) is 31.0. The molecule has 0 atom stereocenters. The predicted molar refractivity (Wildman–Crippen MR) is 70.2 cm³/mol. The molecule has 0 radical (unpaired) electrons. The number of amides is 1. The van der Waals surface area contributed by atoms with Crippen LogP contribution in [-0.2, 0) is 14.3 Å². The van der Waals surface area contributed by atoms with Crippen LogP contribution in [0.5, 0.6) is 0 Å². The molecule has 0 aliphatic heterocycles. The number of anilines is 1. The molecule has 0 unspecified atom stereocenters. The van der Waals surface area contributed by atoms with Gasteiger partial charge in [-0.05, 0) is 12.8 Å². The number of ether oxygens (including phenoxy) is 2. The molecule has 1 aliphatic carbocycles. The number of hydrogen-bond acceptors (Lipinski definition) is 6. The van der Waals surface area contributed by atoms with Crippen LogP contribution in [-0.4, -0.2) is 41.7 Å². The third-order valence-corrected chi connectivity index (χ3v) is 3.09. The number of esters is 1. The van der Waals surface area contributed by atoms with Crippen molar-refractivity contribution in [2.75, 3.05) is 19.0 Å². The molecule has 0 saturated heterocycles. The van der Waals surface area contributed by atoms with Crippen molar-refractivity contribution in [2.24, 2.45) is 0 Å². The van der Waals surface area contributed by atoms with Crippen LogP contribution in [0.15, 0.2) is 12.4 Å². The second-order valence-electron chi connectivity index (χ2n) is 4.51. The van der Waals surface area contributed by atoms with Crippen molar-refractivity contribution in [3.05, 3.63) is 18.1 Å². The van der Waals surface area contributed by atoms with Gasteiger partial charge in [0.1, 0.15) is 6.61 Å². The van der Waals surface area contributed by atoms with Crippen molar-refractivity contribution in [3.63, 3.8) is 0 Å². The fourth-order valence-electron chi connectivity index (χ4n) is 2.09. The Kier molecular flexibility index (Phi) is 5.00. The number of carbonyl (C=O) groups excluding carboxylic acids is 2. The number of hydrogen-bond donors (Lipinski definition) is 1. The molecule has 7 nitrogen and oxygen atoms in total. The summed E-state index contributed by atoms with van der Waals surface area (Å²) in [6, 6.07) is 0. The molecule has 1 N–H and O–H groups in total. The number of nitrogens with one attached hydrogen (secondary N) is 1. The number of carbonyl (C=O) groups is 2. The van der Waals surface area contributed by atoms with Crippen molar-refractivity contribution >= 4 is 17.7 Å². The minimum atomic E-state index is -0.648. The molecule has 0 aromatic carbocycles. The smallest absolute Gasteiger partial charge is 0.360 e. The van der Waals surface area contributed by atoms with Gasteiger partial charge in [-0.15, -0.1) is 0 Å². The largest absolute Gasteiger partial charge is 0.464 e. The van der Waals surface area contributed by atoms with E-state index in [-0.39, 0.29) is 30.1 Å². The lowest BCUT2D eigenvalue weighted by Crippen LogP contribution is -2.24. The van der Waals surface area contributed by atoms with Crippen LogP contribution in [0.25, 0.3) is 0 Å². The van der Waals surface area contributed by atoms with E-state index in [1.54, 1.807) is 0 Å². The van der Waals surface area contributed by atoms with Crippen molar-refractivity contribution in [2.45, 2.75) is 31.8 Å². The lowest BCUT2D eigenvalue weighted by atomic mass is 10.3. The first-order valence-corrected chi connectivity index (χ1v) is 6.51. The highest BCUT2D eigenvalue weighted by Gasteiger charge is 2.19. The Morgan fingerprint density at radius 2 is 2.00 bits per heavy atom. The molecule has 1 saturated carbocycles. The maximum absolute atomic E-state index is 11.8. The van der Waals surface area contributed by atoms with E-state index in [0.29, 0.717) is 0 Å². The van der Waals surface area contributed by atoms with Gasteiger partial charge in [-0.3, -0.25) is 4.79 Å². The van der Waals surface area contributed by atoms with Crippen LogP contribution in [0, 0.1) is 0 Å². The fraction of sp³-hybridized carbons (Fsp3) is 0.538. The van der Waals surface area contributed by atoms with Gasteiger partial charge in [0.05, 0.1) is 13.2 Å². The Balaban J connectivity index is 1.91. The third kappa shape index (κ3) is 3.74. The van der Waals surface area contributed by atoms with E-state index in [1.165, 1.54) is 19.5 Å². The molecule has 1 aromatic rings. The molecule has 108 valence electrons. The average Bonchev–Trinajstić information content (AvgIpc) is 2.98. The number of aromatic nitrogens is 2. The quantitative estimate of drug-likeness (QED) is 0.813. The molecule has 1 fully saturated rings. The van der Waals surface area contributed by atoms with Gasteiger partial charge in [-0.25, -0.2) is 14.8 Å². The summed E-state index contributed by atoms with van der Waals surface area (Å²) in [5.41, 5.74) is -0.0239. The second-order valence-corrected chi connectivity index (χ2v) is 4.51. The van der Waals surface area contributed by atoms with Crippen LogP contribution >= 0.6 is 0 Å². The third-order valence-electron chi connectivity index (χ3n) is 3.09. The van der Waals surface area contributed by atoms with Gasteiger partial charge in [0, 0.05) is 12.4 Å². The van der Waals surface area contributed by atoms with Gasteiger partial charge >= 0.3 is 5.97 Å². The Bertz CT molecular complexity index is 486. The lowest BCUT2D eigenvalue weighted by Gasteiger charge is -2.11. The fourth-order valence-corrected chi connectivity index (χ4v) is 2.09. The van der Waals surface area contributed by atoms with Crippen molar-refractivity contribution in [1.29, 1.82) is 0 Å². The molecular weight excluding hydrogens is 262 g/mol. The number of methoxy groups -OCH3 is 1. The summed E-state index contributed by atoms with van der Waals surface area (Å²) in [5.74, 6) is -0.924. The van der Waals surface area contributed by atoms with E-state index >= 15 is 0 Å². The van der Waals surface area contributed by atoms with Gasteiger partial charge in [0.25, 0.3) is 5.91 Å². The second kappa shape index (κ2) is 6.95. The summed E-state index contributed by atoms with van der Waals surface area (Å²) in [5, 5.41) is 2.51. The van der Waals surface area contributed by atoms with Gasteiger partial charge in [-0.1, -0.05) is 12.8 Å². The Morgan fingerprint density at radius 1 is 1.30 bits per heavy atom. The number of rotatable bonds is 5. The highest BCUT2D eigenvalue weighted by molar-refractivity contribution is 5.98. The molecule has 1 aliphatic rings. The molecule has 1 heterocycles. The summed E-state index contributed by atoms with van der Waals surface area (Å²) < 4.78 is 10.1. The van der Waals surface area contributed by atoms with Gasteiger partial charge in [-0.2, -0.15) is 0 Å². The van der Waals surface area contributed by atoms with Crippen molar-refractivity contribution in [3.8, 4) is 0 Å². The average molecular weight is 279 g/mol. The molecule has 7 heteroatoms. The first-order valence-electron chi connectivity index (χ1n) is 6.51. The maximum atomic E-state index is 11.8. The van der Waals surface area contributed by atoms with E-state index in [4.69, 9.17) is 4.74 Å². The van der Waals surface area contributed by atoms with Crippen LogP contribution in [0.1, 0.15) is 36.2 Å². The van der Waals surface area contributed by atoms with Crippen LogP contribution < -0.4 is 5.32 Å². The first-order chi connectivity index (χ1) is 9.70. The molecule has 0 bridgehead atoms. The van der Waals surface area contributed by atoms with E-state index in [9.17, 15) is 9.59 Å². The summed E-state index contributed by atoms with van der Waals surface area (Å²) in [6.45, 7) is -0.0537. The van der Waals surface area contributed by atoms with Crippen LogP contribution in [0.3, 0.4) is 0 Å². The molecular formula is C13H17N3O4.